The molecule has 0 fully saturated rings. The van der Waals surface area contributed by atoms with E-state index in [0.29, 0.717) is 0 Å². The lowest BCUT2D eigenvalue weighted by atomic mass is 9.95. The van der Waals surface area contributed by atoms with Crippen LogP contribution < -0.4 is 11.3 Å². The molecular formula is C13H21N3S. The molecule has 0 saturated carbocycles. The Labute approximate surface area is 107 Å². The Morgan fingerprint density at radius 3 is 2.88 bits per heavy atom. The molecule has 1 atom stereocenters. The summed E-state index contributed by atoms with van der Waals surface area (Å²) in [5.74, 6) is 5.72. The van der Waals surface area contributed by atoms with Crippen molar-refractivity contribution in [2.45, 2.75) is 51.5 Å². The van der Waals surface area contributed by atoms with Gasteiger partial charge in [-0.2, -0.15) is 0 Å². The number of nitrogens with zero attached hydrogens (tertiary/aromatic N) is 1. The average Bonchev–Trinajstić information content (AvgIpc) is 2.68. The molecule has 1 aliphatic carbocycles. The van der Waals surface area contributed by atoms with Crippen LogP contribution >= 0.6 is 11.3 Å². The van der Waals surface area contributed by atoms with Gasteiger partial charge in [0.15, 0.2) is 0 Å². The van der Waals surface area contributed by atoms with E-state index in [4.69, 9.17) is 5.84 Å². The van der Waals surface area contributed by atoms with Crippen LogP contribution in [0.25, 0.3) is 0 Å². The second-order valence-corrected chi connectivity index (χ2v) is 5.88. The van der Waals surface area contributed by atoms with Crippen molar-refractivity contribution in [3.8, 4) is 0 Å². The fourth-order valence-electron chi connectivity index (χ4n) is 2.36. The van der Waals surface area contributed by atoms with E-state index in [1.54, 1.807) is 11.3 Å². The highest BCUT2D eigenvalue weighted by atomic mass is 32.1. The normalized spacial score (nSPS) is 22.4. The number of nitrogens with two attached hydrogens (primary N) is 1. The van der Waals surface area contributed by atoms with Crippen molar-refractivity contribution in [2.24, 2.45) is 5.84 Å². The predicted octanol–water partition coefficient (Wildman–Crippen LogP) is 3.24. The summed E-state index contributed by atoms with van der Waals surface area (Å²) in [7, 11) is 0. The molecule has 0 bridgehead atoms. The Kier molecular flexibility index (Phi) is 4.71. The fraction of sp³-hybridized carbons (Fsp3) is 0.615. The van der Waals surface area contributed by atoms with Crippen LogP contribution in [0.4, 0.5) is 0 Å². The zero-order chi connectivity index (χ0) is 12.1. The van der Waals surface area contributed by atoms with Gasteiger partial charge in [-0.05, 0) is 32.6 Å². The second kappa shape index (κ2) is 6.28. The van der Waals surface area contributed by atoms with Gasteiger partial charge in [-0.25, -0.2) is 10.4 Å². The summed E-state index contributed by atoms with van der Waals surface area (Å²) in [5.41, 5.74) is 4.39. The Morgan fingerprint density at radius 2 is 2.18 bits per heavy atom. The zero-order valence-electron chi connectivity index (χ0n) is 10.4. The number of rotatable bonds is 3. The third-order valence-corrected chi connectivity index (χ3v) is 4.26. The van der Waals surface area contributed by atoms with Crippen LogP contribution in [0.5, 0.6) is 0 Å². The molecule has 3 N–H and O–H groups in total. The Morgan fingerprint density at radius 1 is 1.35 bits per heavy atom. The number of hydrazine groups is 1. The van der Waals surface area contributed by atoms with E-state index in [1.165, 1.54) is 42.6 Å². The molecule has 0 spiro atoms. The van der Waals surface area contributed by atoms with Crippen molar-refractivity contribution in [1.29, 1.82) is 0 Å². The third-order valence-electron chi connectivity index (χ3n) is 3.29. The lowest BCUT2D eigenvalue weighted by Gasteiger charge is -2.20. The highest BCUT2D eigenvalue weighted by molar-refractivity contribution is 7.11. The molecule has 1 unspecified atom stereocenters. The number of aryl methyl sites for hydroxylation is 1. The van der Waals surface area contributed by atoms with Gasteiger partial charge in [0.2, 0.25) is 0 Å². The topological polar surface area (TPSA) is 50.9 Å². The molecule has 17 heavy (non-hydrogen) atoms. The van der Waals surface area contributed by atoms with Gasteiger partial charge in [-0.3, -0.25) is 5.84 Å². The van der Waals surface area contributed by atoms with E-state index in [-0.39, 0.29) is 6.04 Å². The summed E-state index contributed by atoms with van der Waals surface area (Å²) in [4.78, 5) is 5.55. The molecule has 0 amide bonds. The summed E-state index contributed by atoms with van der Waals surface area (Å²) in [5, 5.41) is 1.10. The van der Waals surface area contributed by atoms with Gasteiger partial charge in [0, 0.05) is 11.1 Å². The van der Waals surface area contributed by atoms with Crippen molar-refractivity contribution in [1.82, 2.24) is 10.4 Å². The first kappa shape index (κ1) is 12.7. The highest BCUT2D eigenvalue weighted by Gasteiger charge is 2.17. The SMILES string of the molecule is Cc1ncc(C(NN)/C2=C/CCCCCC2)s1. The highest BCUT2D eigenvalue weighted by Crippen LogP contribution is 2.31. The van der Waals surface area contributed by atoms with E-state index >= 15 is 0 Å². The minimum Gasteiger partial charge on any atom is -0.271 e. The maximum Gasteiger partial charge on any atom is 0.0897 e. The van der Waals surface area contributed by atoms with Crippen molar-refractivity contribution < 1.29 is 0 Å². The number of hydrogen-bond acceptors (Lipinski definition) is 4. The lowest BCUT2D eigenvalue weighted by Crippen LogP contribution is -2.29. The summed E-state index contributed by atoms with van der Waals surface area (Å²) < 4.78 is 0. The number of aromatic nitrogens is 1. The molecule has 1 heterocycles. The molecule has 94 valence electrons. The molecule has 2 rings (SSSR count). The molecular weight excluding hydrogens is 230 g/mol. The van der Waals surface area contributed by atoms with E-state index < -0.39 is 0 Å². The molecule has 0 saturated heterocycles. The standard InChI is InChI=1S/C13H21N3S/c1-10-15-9-12(17-10)13(16-14)11-7-5-3-2-4-6-8-11/h7,9,13,16H,2-6,8,14H2,1H3/b11-7+. The maximum atomic E-state index is 5.72. The second-order valence-electron chi connectivity index (χ2n) is 4.61. The van der Waals surface area contributed by atoms with Gasteiger partial charge in [-0.15, -0.1) is 11.3 Å². The van der Waals surface area contributed by atoms with Crippen LogP contribution in [-0.4, -0.2) is 4.98 Å². The Balaban J connectivity index is 2.16. The van der Waals surface area contributed by atoms with Crippen LogP contribution in [0, 0.1) is 6.92 Å². The maximum absolute atomic E-state index is 5.72. The van der Waals surface area contributed by atoms with Crippen LogP contribution in [0.2, 0.25) is 0 Å². The molecule has 0 radical (unpaired) electrons. The van der Waals surface area contributed by atoms with Crippen molar-refractivity contribution in [2.75, 3.05) is 0 Å². The van der Waals surface area contributed by atoms with Gasteiger partial charge in [0.25, 0.3) is 0 Å². The van der Waals surface area contributed by atoms with Gasteiger partial charge in [-0.1, -0.05) is 24.5 Å². The van der Waals surface area contributed by atoms with Crippen LogP contribution in [0.15, 0.2) is 17.8 Å². The van der Waals surface area contributed by atoms with Crippen molar-refractivity contribution in [3.05, 3.63) is 27.7 Å². The molecule has 1 aromatic heterocycles. The number of allylic oxidation sites excluding steroid dienone is 1. The van der Waals surface area contributed by atoms with Gasteiger partial charge < -0.3 is 0 Å². The first-order valence-corrected chi connectivity index (χ1v) is 7.20. The molecule has 4 heteroatoms. The van der Waals surface area contributed by atoms with Crippen LogP contribution in [-0.2, 0) is 0 Å². The summed E-state index contributed by atoms with van der Waals surface area (Å²) in [6, 6.07) is 0.166. The van der Waals surface area contributed by atoms with E-state index in [0.717, 1.165) is 11.4 Å². The minimum atomic E-state index is 0.166. The zero-order valence-corrected chi connectivity index (χ0v) is 11.2. The first-order valence-electron chi connectivity index (χ1n) is 6.38. The summed E-state index contributed by atoms with van der Waals surface area (Å²) >= 11 is 1.73. The third kappa shape index (κ3) is 3.37. The van der Waals surface area contributed by atoms with Crippen molar-refractivity contribution >= 4 is 11.3 Å². The van der Waals surface area contributed by atoms with Crippen molar-refractivity contribution in [3.63, 3.8) is 0 Å². The van der Waals surface area contributed by atoms with E-state index in [9.17, 15) is 0 Å². The first-order chi connectivity index (χ1) is 8.31. The summed E-state index contributed by atoms with van der Waals surface area (Å²) in [6.07, 6.45) is 12.0. The average molecular weight is 251 g/mol. The smallest absolute Gasteiger partial charge is 0.0897 e. The van der Waals surface area contributed by atoms with Crippen LogP contribution in [0.3, 0.4) is 0 Å². The Hall–Kier alpha value is -0.710. The fourth-order valence-corrected chi connectivity index (χ4v) is 3.25. The quantitative estimate of drug-likeness (QED) is 0.492. The van der Waals surface area contributed by atoms with Gasteiger partial charge >= 0.3 is 0 Å². The molecule has 0 aliphatic heterocycles. The van der Waals surface area contributed by atoms with Gasteiger partial charge in [0.05, 0.1) is 11.0 Å². The lowest BCUT2D eigenvalue weighted by molar-refractivity contribution is 0.559. The monoisotopic (exact) mass is 251 g/mol. The van der Waals surface area contributed by atoms with E-state index in [1.807, 2.05) is 13.1 Å². The minimum absolute atomic E-state index is 0.166. The Bertz CT molecular complexity index is 384. The largest absolute Gasteiger partial charge is 0.271 e. The van der Waals surface area contributed by atoms with Crippen LogP contribution in [0.1, 0.15) is 54.5 Å². The predicted molar refractivity (Wildman–Crippen MR) is 72.7 cm³/mol. The number of nitrogens with one attached hydrogen (secondary N) is 1. The molecule has 1 aliphatic rings. The summed E-state index contributed by atoms with van der Waals surface area (Å²) in [6.45, 7) is 2.04. The molecule has 3 nitrogen and oxygen atoms in total. The number of hydrogen-bond donors (Lipinski definition) is 2. The van der Waals surface area contributed by atoms with Gasteiger partial charge in [0.1, 0.15) is 0 Å². The molecule has 1 aromatic rings. The van der Waals surface area contributed by atoms with E-state index in [2.05, 4.69) is 16.5 Å². The number of thiazole rings is 1. The molecule has 0 aromatic carbocycles.